The molecule has 1 saturated heterocycles. The molecule has 0 bridgehead atoms. The maximum atomic E-state index is 12.4. The number of benzene rings is 2. The fraction of sp³-hybridized carbons (Fsp3) is 0.409. The summed E-state index contributed by atoms with van der Waals surface area (Å²) in [6.45, 7) is 7.78. The largest absolute Gasteiger partial charge is 0.491 e. The van der Waals surface area contributed by atoms with Gasteiger partial charge in [0, 0.05) is 12.1 Å². The molecular formula is C22H28N2O2. The molecule has 0 radical (unpaired) electrons. The molecule has 0 saturated carbocycles. The van der Waals surface area contributed by atoms with E-state index in [1.54, 1.807) is 0 Å². The van der Waals surface area contributed by atoms with Crippen LogP contribution in [0.15, 0.2) is 48.5 Å². The van der Waals surface area contributed by atoms with Crippen LogP contribution in [0.5, 0.6) is 5.75 Å². The predicted molar refractivity (Wildman–Crippen MR) is 105 cm³/mol. The van der Waals surface area contributed by atoms with Crippen LogP contribution in [0, 0.1) is 6.92 Å². The predicted octanol–water partition coefficient (Wildman–Crippen LogP) is 3.79. The van der Waals surface area contributed by atoms with E-state index in [-0.39, 0.29) is 11.9 Å². The quantitative estimate of drug-likeness (QED) is 0.824. The van der Waals surface area contributed by atoms with Gasteiger partial charge in [0.1, 0.15) is 12.4 Å². The first-order chi connectivity index (χ1) is 12.6. The number of likely N-dealkylation sites (tertiary alicyclic amines) is 1. The molecule has 1 atom stereocenters. The number of nitrogens with zero attached hydrogens (tertiary/aromatic N) is 1. The lowest BCUT2D eigenvalue weighted by Crippen LogP contribution is -2.36. The Kier molecular flexibility index (Phi) is 6.29. The van der Waals surface area contributed by atoms with E-state index in [1.165, 1.54) is 37.1 Å². The average molecular weight is 352 g/mol. The lowest BCUT2D eigenvalue weighted by Gasteiger charge is -2.16. The lowest BCUT2D eigenvalue weighted by atomic mass is 10.1. The molecule has 1 heterocycles. The molecule has 0 spiro atoms. The monoisotopic (exact) mass is 352 g/mol. The van der Waals surface area contributed by atoms with Gasteiger partial charge in [-0.25, -0.2) is 0 Å². The summed E-state index contributed by atoms with van der Waals surface area (Å²) in [5.41, 5.74) is 3.16. The van der Waals surface area contributed by atoms with E-state index in [2.05, 4.69) is 22.3 Å². The SMILES string of the molecule is Cc1ccc(OC[C@@H](C)NC(=O)c2ccc(CN3CCCC3)cc2)cc1. The van der Waals surface area contributed by atoms with Crippen LogP contribution < -0.4 is 10.1 Å². The van der Waals surface area contributed by atoms with E-state index in [1.807, 2.05) is 50.2 Å². The average Bonchev–Trinajstić information content (AvgIpc) is 3.15. The summed E-state index contributed by atoms with van der Waals surface area (Å²) < 4.78 is 5.73. The van der Waals surface area contributed by atoms with Crippen LogP contribution in [0.1, 0.15) is 41.3 Å². The van der Waals surface area contributed by atoms with E-state index < -0.39 is 0 Å². The van der Waals surface area contributed by atoms with Gasteiger partial charge in [0.2, 0.25) is 0 Å². The summed E-state index contributed by atoms with van der Waals surface area (Å²) in [5.74, 6) is 0.765. The van der Waals surface area contributed by atoms with Crippen molar-refractivity contribution >= 4 is 5.91 Å². The number of carbonyl (C=O) groups is 1. The van der Waals surface area contributed by atoms with Gasteiger partial charge < -0.3 is 10.1 Å². The molecule has 0 aromatic heterocycles. The summed E-state index contributed by atoms with van der Waals surface area (Å²) >= 11 is 0. The van der Waals surface area contributed by atoms with E-state index in [4.69, 9.17) is 4.74 Å². The van der Waals surface area contributed by atoms with Crippen molar-refractivity contribution in [2.45, 2.75) is 39.3 Å². The molecule has 1 aliphatic rings. The van der Waals surface area contributed by atoms with Gasteiger partial charge in [0.25, 0.3) is 5.91 Å². The van der Waals surface area contributed by atoms with Gasteiger partial charge >= 0.3 is 0 Å². The molecule has 0 unspecified atom stereocenters. The van der Waals surface area contributed by atoms with Gasteiger partial charge in [-0.15, -0.1) is 0 Å². The summed E-state index contributed by atoms with van der Waals surface area (Å²) in [5, 5.41) is 3.00. The summed E-state index contributed by atoms with van der Waals surface area (Å²) in [4.78, 5) is 14.8. The second kappa shape index (κ2) is 8.86. The van der Waals surface area contributed by atoms with Crippen LogP contribution in [0.25, 0.3) is 0 Å². The van der Waals surface area contributed by atoms with Gasteiger partial charge in [0.05, 0.1) is 6.04 Å². The first-order valence-electron chi connectivity index (χ1n) is 9.42. The fourth-order valence-corrected chi connectivity index (χ4v) is 3.16. The smallest absolute Gasteiger partial charge is 0.251 e. The number of carbonyl (C=O) groups excluding carboxylic acids is 1. The molecule has 4 nitrogen and oxygen atoms in total. The van der Waals surface area contributed by atoms with Crippen molar-refractivity contribution < 1.29 is 9.53 Å². The van der Waals surface area contributed by atoms with Crippen molar-refractivity contribution in [2.75, 3.05) is 19.7 Å². The Balaban J connectivity index is 1.46. The van der Waals surface area contributed by atoms with Gasteiger partial charge in [-0.05, 0) is 69.6 Å². The highest BCUT2D eigenvalue weighted by Gasteiger charge is 2.13. The molecule has 4 heteroatoms. The molecule has 3 rings (SSSR count). The highest BCUT2D eigenvalue weighted by Crippen LogP contribution is 2.14. The summed E-state index contributed by atoms with van der Waals surface area (Å²) in [7, 11) is 0. The second-order valence-electron chi connectivity index (χ2n) is 7.18. The van der Waals surface area contributed by atoms with Crippen molar-refractivity contribution in [3.63, 3.8) is 0 Å². The third-order valence-electron chi connectivity index (χ3n) is 4.72. The Morgan fingerprint density at radius 1 is 1.08 bits per heavy atom. The summed E-state index contributed by atoms with van der Waals surface area (Å²) in [6, 6.07) is 15.8. The minimum Gasteiger partial charge on any atom is -0.491 e. The second-order valence-corrected chi connectivity index (χ2v) is 7.18. The number of aryl methyl sites for hydroxylation is 1. The van der Waals surface area contributed by atoms with E-state index in [0.717, 1.165) is 12.3 Å². The molecule has 2 aromatic carbocycles. The summed E-state index contributed by atoms with van der Waals surface area (Å²) in [6.07, 6.45) is 2.59. The van der Waals surface area contributed by atoms with E-state index in [9.17, 15) is 4.79 Å². The molecule has 2 aromatic rings. The Bertz CT molecular complexity index is 704. The third kappa shape index (κ3) is 5.33. The standard InChI is InChI=1S/C22H28N2O2/c1-17-5-11-21(12-6-17)26-16-18(2)23-22(25)20-9-7-19(8-10-20)15-24-13-3-4-14-24/h5-12,18H,3-4,13-16H2,1-2H3,(H,23,25)/t18-/m1/s1. The van der Waals surface area contributed by atoms with Crippen molar-refractivity contribution in [3.05, 3.63) is 65.2 Å². The van der Waals surface area contributed by atoms with Crippen LogP contribution >= 0.6 is 0 Å². The Hall–Kier alpha value is -2.33. The molecule has 1 aliphatic heterocycles. The number of nitrogens with one attached hydrogen (secondary N) is 1. The van der Waals surface area contributed by atoms with E-state index in [0.29, 0.717) is 12.2 Å². The van der Waals surface area contributed by atoms with Crippen molar-refractivity contribution in [2.24, 2.45) is 0 Å². The fourth-order valence-electron chi connectivity index (χ4n) is 3.16. The molecule has 1 N–H and O–H groups in total. The van der Waals surface area contributed by atoms with Gasteiger partial charge in [-0.2, -0.15) is 0 Å². The molecular weight excluding hydrogens is 324 g/mol. The minimum atomic E-state index is -0.0620. The maximum absolute atomic E-state index is 12.4. The first kappa shape index (κ1) is 18.5. The zero-order chi connectivity index (χ0) is 18.4. The van der Waals surface area contributed by atoms with Crippen molar-refractivity contribution in [1.29, 1.82) is 0 Å². The number of amides is 1. The van der Waals surface area contributed by atoms with Crippen LogP contribution in [-0.4, -0.2) is 36.5 Å². The van der Waals surface area contributed by atoms with Gasteiger partial charge in [-0.3, -0.25) is 9.69 Å². The lowest BCUT2D eigenvalue weighted by molar-refractivity contribution is 0.0926. The molecule has 0 aliphatic carbocycles. The van der Waals surface area contributed by atoms with Gasteiger partial charge in [-0.1, -0.05) is 29.8 Å². The van der Waals surface area contributed by atoms with Crippen LogP contribution in [0.3, 0.4) is 0 Å². The van der Waals surface area contributed by atoms with Crippen LogP contribution in [-0.2, 0) is 6.54 Å². The highest BCUT2D eigenvalue weighted by atomic mass is 16.5. The van der Waals surface area contributed by atoms with Crippen LogP contribution in [0.2, 0.25) is 0 Å². The molecule has 1 amide bonds. The zero-order valence-electron chi connectivity index (χ0n) is 15.7. The normalized spacial score (nSPS) is 15.6. The van der Waals surface area contributed by atoms with Crippen LogP contribution in [0.4, 0.5) is 0 Å². The highest BCUT2D eigenvalue weighted by molar-refractivity contribution is 5.94. The Labute approximate surface area is 156 Å². The number of ether oxygens (including phenoxy) is 1. The molecule has 26 heavy (non-hydrogen) atoms. The number of hydrogen-bond acceptors (Lipinski definition) is 3. The first-order valence-corrected chi connectivity index (χ1v) is 9.42. The molecule has 1 fully saturated rings. The zero-order valence-corrected chi connectivity index (χ0v) is 15.7. The Morgan fingerprint density at radius 3 is 2.38 bits per heavy atom. The maximum Gasteiger partial charge on any atom is 0.251 e. The van der Waals surface area contributed by atoms with Crippen molar-refractivity contribution in [3.8, 4) is 5.75 Å². The topological polar surface area (TPSA) is 41.6 Å². The van der Waals surface area contributed by atoms with Crippen molar-refractivity contribution in [1.82, 2.24) is 10.2 Å². The van der Waals surface area contributed by atoms with Gasteiger partial charge in [0.15, 0.2) is 0 Å². The number of rotatable bonds is 7. The minimum absolute atomic E-state index is 0.0577. The Morgan fingerprint density at radius 2 is 1.73 bits per heavy atom. The number of hydrogen-bond donors (Lipinski definition) is 1. The molecule has 138 valence electrons. The van der Waals surface area contributed by atoms with E-state index >= 15 is 0 Å². The third-order valence-corrected chi connectivity index (χ3v) is 4.72.